The van der Waals surface area contributed by atoms with E-state index in [0.717, 1.165) is 41.7 Å². The molecule has 1 amide bonds. The molecule has 1 saturated carbocycles. The van der Waals surface area contributed by atoms with Crippen molar-refractivity contribution in [2.24, 2.45) is 0 Å². The van der Waals surface area contributed by atoms with E-state index in [4.69, 9.17) is 21.7 Å². The summed E-state index contributed by atoms with van der Waals surface area (Å²) >= 11 is 7.70. The third kappa shape index (κ3) is 5.00. The number of benzene rings is 2. The molecule has 9 heteroatoms. The summed E-state index contributed by atoms with van der Waals surface area (Å²) in [5, 5.41) is 10.5. The molecule has 6 rings (SSSR count). The number of aryl methyl sites for hydroxylation is 1. The minimum absolute atomic E-state index is 0.106. The predicted octanol–water partition coefficient (Wildman–Crippen LogP) is 6.69. The number of amides is 1. The number of carbonyl (C=O) groups is 1. The molecular formula is C31H28ClN5O2S. The second kappa shape index (κ2) is 10.9. The lowest BCUT2D eigenvalue weighted by Crippen LogP contribution is -2.38. The summed E-state index contributed by atoms with van der Waals surface area (Å²) in [6.45, 7) is 1.83. The van der Waals surface area contributed by atoms with Crippen LogP contribution in [0.3, 0.4) is 0 Å². The average Bonchev–Trinajstić information content (AvgIpc) is 3.73. The monoisotopic (exact) mass is 569 g/mol. The maximum atomic E-state index is 14.0. The van der Waals surface area contributed by atoms with E-state index in [2.05, 4.69) is 10.3 Å². The van der Waals surface area contributed by atoms with Crippen molar-refractivity contribution < 1.29 is 4.79 Å². The molecule has 3 aromatic heterocycles. The first-order valence-electron chi connectivity index (χ1n) is 13.3. The Morgan fingerprint density at radius 2 is 1.82 bits per heavy atom. The molecule has 0 spiro atoms. The van der Waals surface area contributed by atoms with Crippen LogP contribution in [0.4, 0.5) is 5.82 Å². The fraction of sp³-hybridized carbons (Fsp3) is 0.226. The minimum Gasteiger partial charge on any atom is -0.310 e. The van der Waals surface area contributed by atoms with Crippen LogP contribution in [0.2, 0.25) is 5.02 Å². The second-order valence-corrected chi connectivity index (χ2v) is 11.6. The van der Waals surface area contributed by atoms with Crippen LogP contribution in [0.25, 0.3) is 16.5 Å². The van der Waals surface area contributed by atoms with Crippen LogP contribution in [0, 0.1) is 6.92 Å². The van der Waals surface area contributed by atoms with Gasteiger partial charge in [-0.3, -0.25) is 14.6 Å². The van der Waals surface area contributed by atoms with Crippen LogP contribution in [-0.4, -0.2) is 25.7 Å². The highest BCUT2D eigenvalue weighted by Crippen LogP contribution is 2.42. The number of nitrogens with zero attached hydrogens (tertiary/aromatic N) is 3. The van der Waals surface area contributed by atoms with Crippen LogP contribution in [0.1, 0.15) is 48.1 Å². The highest BCUT2D eigenvalue weighted by Gasteiger charge is 2.43. The first kappa shape index (κ1) is 26.2. The van der Waals surface area contributed by atoms with Gasteiger partial charge in [-0.1, -0.05) is 73.0 Å². The topological polar surface area (TPSA) is 92.7 Å². The molecule has 3 heterocycles. The Bertz CT molecular complexity index is 1700. The number of nitrogens with one attached hydrogen (secondary N) is 2. The third-order valence-corrected chi connectivity index (χ3v) is 8.79. The van der Waals surface area contributed by atoms with Gasteiger partial charge in [-0.15, -0.1) is 11.3 Å². The van der Waals surface area contributed by atoms with E-state index >= 15 is 0 Å². The molecule has 202 valence electrons. The molecule has 0 saturated heterocycles. The summed E-state index contributed by atoms with van der Waals surface area (Å²) in [5.74, 6) is 0.599. The lowest BCUT2D eigenvalue weighted by Gasteiger charge is -2.28. The first-order valence-corrected chi connectivity index (χ1v) is 14.5. The number of hydrogen-bond acceptors (Lipinski definition) is 5. The Hall–Kier alpha value is -4.01. The maximum Gasteiger partial charge on any atom is 0.256 e. The van der Waals surface area contributed by atoms with Gasteiger partial charge in [0, 0.05) is 23.1 Å². The molecule has 1 aliphatic carbocycles. The normalized spacial score (nSPS) is 14.3. The van der Waals surface area contributed by atoms with Crippen molar-refractivity contribution in [1.29, 1.82) is 0 Å². The Labute approximate surface area is 240 Å². The Morgan fingerprint density at radius 3 is 2.50 bits per heavy atom. The molecule has 0 aliphatic heterocycles. The zero-order valence-electron chi connectivity index (χ0n) is 22.0. The molecule has 0 bridgehead atoms. The summed E-state index contributed by atoms with van der Waals surface area (Å²) in [5.41, 5.74) is 2.97. The minimum atomic E-state index is -0.668. The smallest absolute Gasteiger partial charge is 0.256 e. The molecule has 40 heavy (non-hydrogen) atoms. The molecule has 2 N–H and O–H groups in total. The van der Waals surface area contributed by atoms with Crippen molar-refractivity contribution in [3.8, 4) is 16.5 Å². The lowest BCUT2D eigenvalue weighted by atomic mass is 9.78. The number of hydrogen-bond donors (Lipinski definition) is 2. The van der Waals surface area contributed by atoms with Gasteiger partial charge < -0.3 is 5.32 Å². The van der Waals surface area contributed by atoms with Crippen LogP contribution in [0.5, 0.6) is 0 Å². The van der Waals surface area contributed by atoms with Gasteiger partial charge in [0.05, 0.1) is 16.0 Å². The Kier molecular flexibility index (Phi) is 7.12. The first-order chi connectivity index (χ1) is 19.4. The largest absolute Gasteiger partial charge is 0.310 e. The number of rotatable bonds is 7. The summed E-state index contributed by atoms with van der Waals surface area (Å²) in [6.07, 6.45) is 3.89. The van der Waals surface area contributed by atoms with E-state index in [-0.39, 0.29) is 17.4 Å². The number of thiophene rings is 1. The number of aromatic nitrogens is 4. The van der Waals surface area contributed by atoms with Gasteiger partial charge in [-0.25, -0.2) is 4.98 Å². The Morgan fingerprint density at radius 1 is 1.07 bits per heavy atom. The van der Waals surface area contributed by atoms with Gasteiger partial charge in [0.25, 0.3) is 5.56 Å². The van der Waals surface area contributed by atoms with Crippen LogP contribution in [0.15, 0.2) is 83.0 Å². The summed E-state index contributed by atoms with van der Waals surface area (Å²) in [4.78, 5) is 35.9. The van der Waals surface area contributed by atoms with E-state index in [1.165, 1.54) is 4.68 Å². The quantitative estimate of drug-likeness (QED) is 0.228. The fourth-order valence-electron chi connectivity index (χ4n) is 5.51. The number of halogens is 1. The summed E-state index contributed by atoms with van der Waals surface area (Å²) in [7, 11) is 0. The van der Waals surface area contributed by atoms with Gasteiger partial charge >= 0.3 is 0 Å². The second-order valence-electron chi connectivity index (χ2n) is 10.2. The highest BCUT2D eigenvalue weighted by molar-refractivity contribution is 7.13. The van der Waals surface area contributed by atoms with Crippen LogP contribution in [-0.2, 0) is 16.6 Å². The molecule has 0 atom stereocenters. The molecule has 1 fully saturated rings. The van der Waals surface area contributed by atoms with Crippen molar-refractivity contribution in [2.75, 3.05) is 5.32 Å². The van der Waals surface area contributed by atoms with Gasteiger partial charge in [0.1, 0.15) is 11.5 Å². The average molecular weight is 570 g/mol. The summed E-state index contributed by atoms with van der Waals surface area (Å²) in [6, 6.07) is 23.1. The fourth-order valence-corrected chi connectivity index (χ4v) is 6.32. The van der Waals surface area contributed by atoms with Crippen molar-refractivity contribution in [1.82, 2.24) is 19.7 Å². The van der Waals surface area contributed by atoms with Crippen LogP contribution < -0.4 is 10.9 Å². The number of H-pyrrole nitrogens is 1. The van der Waals surface area contributed by atoms with E-state index in [1.807, 2.05) is 85.1 Å². The number of aromatic amines is 1. The SMILES string of the molecule is Cc1nc(-n2nc(-c3cccs3)cc2NC(=O)C2(c3ccc(Cl)cc3)CCCC2)[nH]c(=O)c1Cc1ccccc1. The third-order valence-electron chi connectivity index (χ3n) is 7.65. The summed E-state index contributed by atoms with van der Waals surface area (Å²) < 4.78 is 1.53. The van der Waals surface area contributed by atoms with Crippen molar-refractivity contribution in [2.45, 2.75) is 44.4 Å². The van der Waals surface area contributed by atoms with Crippen molar-refractivity contribution >= 4 is 34.7 Å². The van der Waals surface area contributed by atoms with Gasteiger partial charge in [0.2, 0.25) is 11.9 Å². The molecule has 1 aliphatic rings. The molecule has 7 nitrogen and oxygen atoms in total. The molecular weight excluding hydrogens is 542 g/mol. The van der Waals surface area contributed by atoms with E-state index < -0.39 is 5.41 Å². The van der Waals surface area contributed by atoms with Crippen molar-refractivity contribution in [3.05, 3.63) is 116 Å². The maximum absolute atomic E-state index is 14.0. The zero-order chi connectivity index (χ0) is 27.7. The lowest BCUT2D eigenvalue weighted by molar-refractivity contribution is -0.121. The zero-order valence-corrected chi connectivity index (χ0v) is 23.6. The highest BCUT2D eigenvalue weighted by atomic mass is 35.5. The molecule has 0 radical (unpaired) electrons. The van der Waals surface area contributed by atoms with E-state index in [1.54, 1.807) is 11.3 Å². The standard InChI is InChI=1S/C31H28ClN5O2S/c1-20-24(18-21-8-3-2-4-9-21)28(38)35-30(33-20)37-27(19-25(36-37)26-10-7-17-40-26)34-29(39)31(15-5-6-16-31)22-11-13-23(32)14-12-22/h2-4,7-14,17,19H,5-6,15-16,18H2,1H3,(H,34,39)(H,33,35,38). The van der Waals surface area contributed by atoms with Crippen LogP contribution >= 0.6 is 22.9 Å². The predicted molar refractivity (Wildman–Crippen MR) is 160 cm³/mol. The van der Waals surface area contributed by atoms with E-state index in [9.17, 15) is 9.59 Å². The van der Waals surface area contributed by atoms with E-state index in [0.29, 0.717) is 34.2 Å². The van der Waals surface area contributed by atoms with Crippen molar-refractivity contribution in [3.63, 3.8) is 0 Å². The van der Waals surface area contributed by atoms with Gasteiger partial charge in [0.15, 0.2) is 0 Å². The van der Waals surface area contributed by atoms with Gasteiger partial charge in [-0.05, 0) is 54.5 Å². The van der Waals surface area contributed by atoms with Gasteiger partial charge in [-0.2, -0.15) is 9.78 Å². The molecule has 0 unspecified atom stereocenters. The Balaban J connectivity index is 1.39. The molecule has 2 aromatic carbocycles. The number of carbonyl (C=O) groups excluding carboxylic acids is 1. The number of anilines is 1. The molecule has 5 aromatic rings.